The molecule has 112 valence electrons. The van der Waals surface area contributed by atoms with Crippen LogP contribution in [-0.4, -0.2) is 20.1 Å². The standard InChI is InChI=1S/C17H27ClN2/c1-4-17(5-2)8-10-20(11-9-17)16-7-6-14(13-19-3)12-15(16)18/h6-7,12,19H,4-5,8-11,13H2,1-3H3. The minimum atomic E-state index is 0.565. The summed E-state index contributed by atoms with van der Waals surface area (Å²) in [6.07, 6.45) is 5.17. The molecule has 2 nitrogen and oxygen atoms in total. The molecule has 0 atom stereocenters. The Morgan fingerprint density at radius 1 is 1.20 bits per heavy atom. The molecule has 1 N–H and O–H groups in total. The number of halogens is 1. The molecule has 20 heavy (non-hydrogen) atoms. The van der Waals surface area contributed by atoms with E-state index in [-0.39, 0.29) is 0 Å². The van der Waals surface area contributed by atoms with E-state index in [0.29, 0.717) is 5.41 Å². The number of hydrogen-bond donors (Lipinski definition) is 1. The predicted molar refractivity (Wildman–Crippen MR) is 88.7 cm³/mol. The van der Waals surface area contributed by atoms with Gasteiger partial charge >= 0.3 is 0 Å². The molecule has 1 saturated heterocycles. The van der Waals surface area contributed by atoms with Crippen molar-refractivity contribution >= 4 is 17.3 Å². The number of anilines is 1. The number of hydrogen-bond acceptors (Lipinski definition) is 2. The van der Waals surface area contributed by atoms with Gasteiger partial charge < -0.3 is 10.2 Å². The van der Waals surface area contributed by atoms with Crippen molar-refractivity contribution < 1.29 is 0 Å². The zero-order valence-electron chi connectivity index (χ0n) is 13.0. The molecule has 1 heterocycles. The Balaban J connectivity index is 2.07. The number of piperidine rings is 1. The van der Waals surface area contributed by atoms with Crippen LogP contribution in [0.4, 0.5) is 5.69 Å². The topological polar surface area (TPSA) is 15.3 Å². The number of nitrogens with one attached hydrogen (secondary N) is 1. The van der Waals surface area contributed by atoms with Gasteiger partial charge in [0, 0.05) is 19.6 Å². The molecule has 0 saturated carbocycles. The van der Waals surface area contributed by atoms with Gasteiger partial charge in [-0.3, -0.25) is 0 Å². The van der Waals surface area contributed by atoms with E-state index in [4.69, 9.17) is 11.6 Å². The van der Waals surface area contributed by atoms with Crippen LogP contribution < -0.4 is 10.2 Å². The smallest absolute Gasteiger partial charge is 0.0642 e. The molecule has 0 aliphatic carbocycles. The maximum atomic E-state index is 6.47. The van der Waals surface area contributed by atoms with Gasteiger partial charge in [0.25, 0.3) is 0 Å². The van der Waals surface area contributed by atoms with Gasteiger partial charge in [-0.2, -0.15) is 0 Å². The monoisotopic (exact) mass is 294 g/mol. The molecule has 0 radical (unpaired) electrons. The third-order valence-corrected chi connectivity index (χ3v) is 5.36. The molecular weight excluding hydrogens is 268 g/mol. The van der Waals surface area contributed by atoms with Crippen molar-refractivity contribution in [1.29, 1.82) is 0 Å². The van der Waals surface area contributed by atoms with Crippen LogP contribution in [0.3, 0.4) is 0 Å². The Kier molecular flexibility index (Phi) is 5.34. The fourth-order valence-corrected chi connectivity index (χ4v) is 3.62. The van der Waals surface area contributed by atoms with Crippen LogP contribution >= 0.6 is 11.6 Å². The molecule has 0 aromatic heterocycles. The Morgan fingerprint density at radius 3 is 2.35 bits per heavy atom. The van der Waals surface area contributed by atoms with Crippen molar-refractivity contribution in [3.63, 3.8) is 0 Å². The molecular formula is C17H27ClN2. The first kappa shape index (κ1) is 15.7. The van der Waals surface area contributed by atoms with Crippen LogP contribution in [0.5, 0.6) is 0 Å². The van der Waals surface area contributed by atoms with E-state index in [1.54, 1.807) is 0 Å². The van der Waals surface area contributed by atoms with Crippen molar-refractivity contribution in [1.82, 2.24) is 5.32 Å². The van der Waals surface area contributed by atoms with Crippen LogP contribution in [-0.2, 0) is 6.54 Å². The molecule has 0 unspecified atom stereocenters. The first-order chi connectivity index (χ1) is 9.64. The molecule has 2 rings (SSSR count). The first-order valence-electron chi connectivity index (χ1n) is 7.82. The van der Waals surface area contributed by atoms with Gasteiger partial charge in [-0.15, -0.1) is 0 Å². The van der Waals surface area contributed by atoms with Gasteiger partial charge in [0.1, 0.15) is 0 Å². The summed E-state index contributed by atoms with van der Waals surface area (Å²) in [6, 6.07) is 6.45. The van der Waals surface area contributed by atoms with E-state index in [0.717, 1.165) is 24.7 Å². The maximum Gasteiger partial charge on any atom is 0.0642 e. The molecule has 1 fully saturated rings. The molecule has 0 bridgehead atoms. The second kappa shape index (κ2) is 6.82. The second-order valence-corrected chi connectivity index (χ2v) is 6.42. The SMILES string of the molecule is CCC1(CC)CCN(c2ccc(CNC)cc2Cl)CC1. The Labute approximate surface area is 128 Å². The highest BCUT2D eigenvalue weighted by atomic mass is 35.5. The zero-order valence-corrected chi connectivity index (χ0v) is 13.8. The molecule has 3 heteroatoms. The average molecular weight is 295 g/mol. The summed E-state index contributed by atoms with van der Waals surface area (Å²) in [5, 5.41) is 4.05. The van der Waals surface area contributed by atoms with Gasteiger partial charge in [-0.25, -0.2) is 0 Å². The minimum absolute atomic E-state index is 0.565. The summed E-state index contributed by atoms with van der Waals surface area (Å²) < 4.78 is 0. The molecule has 1 aromatic rings. The first-order valence-corrected chi connectivity index (χ1v) is 8.20. The fraction of sp³-hybridized carbons (Fsp3) is 0.647. The third kappa shape index (κ3) is 3.29. The zero-order chi connectivity index (χ0) is 14.6. The van der Waals surface area contributed by atoms with Gasteiger partial charge in [0.2, 0.25) is 0 Å². The molecule has 1 aliphatic heterocycles. The number of nitrogens with zero attached hydrogens (tertiary/aromatic N) is 1. The van der Waals surface area contributed by atoms with Crippen LogP contribution in [0.15, 0.2) is 18.2 Å². The van der Waals surface area contributed by atoms with E-state index < -0.39 is 0 Å². The number of benzene rings is 1. The van der Waals surface area contributed by atoms with E-state index in [1.807, 2.05) is 7.05 Å². The Morgan fingerprint density at radius 2 is 1.85 bits per heavy atom. The van der Waals surface area contributed by atoms with Gasteiger partial charge in [0.15, 0.2) is 0 Å². The van der Waals surface area contributed by atoms with Crippen molar-refractivity contribution in [2.45, 2.75) is 46.1 Å². The summed E-state index contributed by atoms with van der Waals surface area (Å²) >= 11 is 6.47. The van der Waals surface area contributed by atoms with E-state index >= 15 is 0 Å². The van der Waals surface area contributed by atoms with Gasteiger partial charge in [-0.1, -0.05) is 44.4 Å². The fourth-order valence-electron chi connectivity index (χ4n) is 3.30. The predicted octanol–water partition coefficient (Wildman–Crippen LogP) is 4.47. The average Bonchev–Trinajstić information content (AvgIpc) is 2.48. The van der Waals surface area contributed by atoms with Crippen LogP contribution in [0.1, 0.15) is 45.1 Å². The van der Waals surface area contributed by atoms with Crippen molar-refractivity contribution in [3.05, 3.63) is 28.8 Å². The van der Waals surface area contributed by atoms with Crippen molar-refractivity contribution in [2.75, 3.05) is 25.0 Å². The lowest BCUT2D eigenvalue weighted by atomic mass is 9.74. The number of rotatable bonds is 5. The van der Waals surface area contributed by atoms with E-state index in [9.17, 15) is 0 Å². The van der Waals surface area contributed by atoms with Crippen molar-refractivity contribution in [3.8, 4) is 0 Å². The minimum Gasteiger partial charge on any atom is -0.370 e. The summed E-state index contributed by atoms with van der Waals surface area (Å²) in [5.74, 6) is 0. The second-order valence-electron chi connectivity index (χ2n) is 6.01. The lowest BCUT2D eigenvalue weighted by Crippen LogP contribution is -2.39. The highest BCUT2D eigenvalue weighted by molar-refractivity contribution is 6.33. The normalized spacial score (nSPS) is 18.3. The van der Waals surface area contributed by atoms with Crippen molar-refractivity contribution in [2.24, 2.45) is 5.41 Å². The lowest BCUT2D eigenvalue weighted by molar-refractivity contribution is 0.199. The highest BCUT2D eigenvalue weighted by Gasteiger charge is 2.31. The summed E-state index contributed by atoms with van der Waals surface area (Å²) in [4.78, 5) is 2.45. The molecule has 0 spiro atoms. The summed E-state index contributed by atoms with van der Waals surface area (Å²) in [6.45, 7) is 7.80. The highest BCUT2D eigenvalue weighted by Crippen LogP contribution is 2.40. The third-order valence-electron chi connectivity index (χ3n) is 5.06. The molecule has 0 amide bonds. The van der Waals surface area contributed by atoms with Gasteiger partial charge in [0.05, 0.1) is 10.7 Å². The quantitative estimate of drug-likeness (QED) is 0.862. The van der Waals surface area contributed by atoms with Crippen LogP contribution in [0.2, 0.25) is 5.02 Å². The van der Waals surface area contributed by atoms with Crippen LogP contribution in [0, 0.1) is 5.41 Å². The molecule has 1 aromatic carbocycles. The maximum absolute atomic E-state index is 6.47. The van der Waals surface area contributed by atoms with Gasteiger partial charge in [-0.05, 0) is 43.0 Å². The van der Waals surface area contributed by atoms with E-state index in [1.165, 1.54) is 36.9 Å². The Hall–Kier alpha value is -0.730. The molecule has 1 aliphatic rings. The largest absolute Gasteiger partial charge is 0.370 e. The van der Waals surface area contributed by atoms with E-state index in [2.05, 4.69) is 42.3 Å². The summed E-state index contributed by atoms with van der Waals surface area (Å²) in [7, 11) is 1.96. The lowest BCUT2D eigenvalue weighted by Gasteiger charge is -2.42. The Bertz CT molecular complexity index is 431. The van der Waals surface area contributed by atoms with Crippen LogP contribution in [0.25, 0.3) is 0 Å². The summed E-state index contributed by atoms with van der Waals surface area (Å²) in [5.41, 5.74) is 3.01.